The summed E-state index contributed by atoms with van der Waals surface area (Å²) >= 11 is 7.39. The Hall–Kier alpha value is -4.30. The number of nitrogens with zero attached hydrogens (tertiary/aromatic N) is 6. The van der Waals surface area contributed by atoms with Crippen molar-refractivity contribution < 1.29 is 14.2 Å². The molecule has 12 nitrogen and oxygen atoms in total. The van der Waals surface area contributed by atoms with Gasteiger partial charge in [0.2, 0.25) is 5.79 Å². The fourth-order valence-corrected chi connectivity index (χ4v) is 6.97. The molecule has 2 saturated heterocycles. The van der Waals surface area contributed by atoms with Crippen LogP contribution >= 0.6 is 23.4 Å². The highest BCUT2D eigenvalue weighted by atomic mass is 35.5. The lowest BCUT2D eigenvalue weighted by molar-refractivity contribution is -0.160. The van der Waals surface area contributed by atoms with Gasteiger partial charge in [-0.05, 0) is 74.0 Å². The molecule has 3 atom stereocenters. The Morgan fingerprint density at radius 2 is 1.64 bits per heavy atom. The van der Waals surface area contributed by atoms with Gasteiger partial charge in [0.15, 0.2) is 5.17 Å². The van der Waals surface area contributed by atoms with Crippen LogP contribution in [-0.2, 0) is 15.3 Å². The van der Waals surface area contributed by atoms with Gasteiger partial charge in [0.1, 0.15) is 24.8 Å². The van der Waals surface area contributed by atoms with E-state index in [0.29, 0.717) is 24.0 Å². The Morgan fingerprint density at radius 3 is 2.24 bits per heavy atom. The Bertz CT molecular complexity index is 1810. The summed E-state index contributed by atoms with van der Waals surface area (Å²) in [6.45, 7) is 8.22. The molecule has 0 bridgehead atoms. The van der Waals surface area contributed by atoms with Crippen LogP contribution in [0.1, 0.15) is 31.9 Å². The van der Waals surface area contributed by atoms with E-state index in [0.717, 1.165) is 67.3 Å². The van der Waals surface area contributed by atoms with Crippen LogP contribution in [0.15, 0.2) is 83.9 Å². The first-order valence-corrected chi connectivity index (χ1v) is 18.1. The fraction of sp³-hybridized carbons (Fsp3) is 0.389. The largest absolute Gasteiger partial charge is 0.491 e. The minimum atomic E-state index is -1.07. The highest BCUT2D eigenvalue weighted by Gasteiger charge is 2.44. The van der Waals surface area contributed by atoms with Crippen LogP contribution in [0.4, 0.5) is 11.4 Å². The van der Waals surface area contributed by atoms with Gasteiger partial charge in [0.25, 0.3) is 0 Å². The fourth-order valence-electron chi connectivity index (χ4n) is 5.94. The molecule has 3 unspecified atom stereocenters. The van der Waals surface area contributed by atoms with Crippen molar-refractivity contribution in [2.24, 2.45) is 0 Å². The molecule has 6 rings (SSSR count). The first-order chi connectivity index (χ1) is 24.2. The molecule has 264 valence electrons. The molecule has 0 aliphatic carbocycles. The van der Waals surface area contributed by atoms with Gasteiger partial charge < -0.3 is 28.9 Å². The lowest BCUT2D eigenvalue weighted by Crippen LogP contribution is -2.46. The summed E-state index contributed by atoms with van der Waals surface area (Å²) in [4.78, 5) is 19.0. The first kappa shape index (κ1) is 35.5. The number of hydrogen-bond donors (Lipinski definition) is 2. The van der Waals surface area contributed by atoms with Crippen LogP contribution in [-0.4, -0.2) is 89.1 Å². The van der Waals surface area contributed by atoms with Crippen LogP contribution in [0.5, 0.6) is 5.75 Å². The second kappa shape index (κ2) is 15.7. The van der Waals surface area contributed by atoms with Gasteiger partial charge in [-0.25, -0.2) is 14.0 Å². The van der Waals surface area contributed by atoms with Crippen molar-refractivity contribution in [2.45, 2.75) is 38.2 Å². The van der Waals surface area contributed by atoms with Gasteiger partial charge in [0, 0.05) is 55.2 Å². The number of anilines is 2. The Kier molecular flexibility index (Phi) is 11.2. The average Bonchev–Trinajstić information content (AvgIpc) is 3.76. The minimum absolute atomic E-state index is 0.0623. The standard InChI is InChI=1S/C36H43ClN8O4S/c1-4-26(2)45-35(46)44(25-40-45)31-11-9-29(10-12-31)42-17-19-43(20-18-42)30-13-15-32(16-14-30)47-21-33-22-48-36(49-33,23-50-34(39)41(3)24-38)27-5-7-28(37)8-6-27/h5-16,24-26,33,38-39H,4,17-23H2,1-3H3. The highest BCUT2D eigenvalue weighted by Crippen LogP contribution is 2.38. The molecule has 2 N–H and O–H groups in total. The van der Waals surface area contributed by atoms with Crippen molar-refractivity contribution in [3.8, 4) is 11.4 Å². The number of benzene rings is 3. The topological polar surface area (TPSA) is 125 Å². The number of hydrogen-bond acceptors (Lipinski definition) is 10. The molecule has 1 aromatic heterocycles. The Morgan fingerprint density at radius 1 is 1.04 bits per heavy atom. The van der Waals surface area contributed by atoms with Crippen molar-refractivity contribution >= 4 is 46.2 Å². The maximum atomic E-state index is 12.8. The van der Waals surface area contributed by atoms with Crippen LogP contribution in [0, 0.1) is 10.8 Å². The van der Waals surface area contributed by atoms with Crippen molar-refractivity contribution in [3.05, 3.63) is 100 Å². The summed E-state index contributed by atoms with van der Waals surface area (Å²) in [5.74, 6) is 0.0167. The SMILES string of the molecule is CCC(C)n1ncn(-c2ccc(N3CCN(c4ccc(OCC5COC(CSC(=N)N(C)C=N)(c6ccc(Cl)cc6)O5)cc4)CC3)cc2)c1=O. The van der Waals surface area contributed by atoms with Crippen LogP contribution in [0.3, 0.4) is 0 Å². The van der Waals surface area contributed by atoms with E-state index in [1.807, 2.05) is 50.2 Å². The van der Waals surface area contributed by atoms with E-state index in [9.17, 15) is 4.79 Å². The number of ether oxygens (including phenoxy) is 3. The first-order valence-electron chi connectivity index (χ1n) is 16.7. The van der Waals surface area contributed by atoms with E-state index < -0.39 is 5.79 Å². The van der Waals surface area contributed by atoms with E-state index in [2.05, 4.69) is 39.2 Å². The molecule has 0 amide bonds. The normalized spacial score (nSPS) is 19.7. The zero-order valence-corrected chi connectivity index (χ0v) is 30.1. The van der Waals surface area contributed by atoms with Crippen molar-refractivity contribution in [2.75, 3.05) is 62.0 Å². The molecule has 14 heteroatoms. The van der Waals surface area contributed by atoms with Crippen molar-refractivity contribution in [1.29, 1.82) is 10.8 Å². The monoisotopic (exact) mass is 718 g/mol. The lowest BCUT2D eigenvalue weighted by atomic mass is 10.1. The smallest absolute Gasteiger partial charge is 0.350 e. The number of rotatable bonds is 12. The molecule has 4 aromatic rings. The second-order valence-corrected chi connectivity index (χ2v) is 13.8. The summed E-state index contributed by atoms with van der Waals surface area (Å²) < 4.78 is 22.0. The number of amidine groups is 1. The van der Waals surface area contributed by atoms with Crippen LogP contribution in [0.2, 0.25) is 5.02 Å². The van der Waals surface area contributed by atoms with E-state index in [-0.39, 0.29) is 23.0 Å². The van der Waals surface area contributed by atoms with Crippen molar-refractivity contribution in [1.82, 2.24) is 19.2 Å². The number of piperazine rings is 1. The van der Waals surface area contributed by atoms with Gasteiger partial charge in [-0.1, -0.05) is 42.4 Å². The third-order valence-electron chi connectivity index (χ3n) is 9.17. The maximum absolute atomic E-state index is 12.8. The molecule has 3 aromatic carbocycles. The van der Waals surface area contributed by atoms with E-state index in [1.165, 1.54) is 21.3 Å². The van der Waals surface area contributed by atoms with Gasteiger partial charge in [0.05, 0.1) is 30.4 Å². The molecule has 0 spiro atoms. The zero-order chi connectivity index (χ0) is 35.3. The summed E-state index contributed by atoms with van der Waals surface area (Å²) in [5.41, 5.74) is 3.78. The summed E-state index contributed by atoms with van der Waals surface area (Å²) in [5, 5.41) is 20.8. The van der Waals surface area contributed by atoms with Gasteiger partial charge in [-0.2, -0.15) is 5.10 Å². The van der Waals surface area contributed by atoms with Gasteiger partial charge >= 0.3 is 5.69 Å². The van der Waals surface area contributed by atoms with Crippen LogP contribution in [0.25, 0.3) is 5.69 Å². The number of thioether (sulfide) groups is 1. The number of halogens is 1. The van der Waals surface area contributed by atoms with Gasteiger partial charge in [-0.15, -0.1) is 0 Å². The molecular weight excluding hydrogens is 676 g/mol. The molecule has 3 heterocycles. The molecule has 2 fully saturated rings. The zero-order valence-electron chi connectivity index (χ0n) is 28.5. The molecular formula is C36H43ClN8O4S. The van der Waals surface area contributed by atoms with E-state index in [4.69, 9.17) is 36.6 Å². The summed E-state index contributed by atoms with van der Waals surface area (Å²) in [7, 11) is 1.66. The second-order valence-electron chi connectivity index (χ2n) is 12.4. The van der Waals surface area contributed by atoms with Gasteiger partial charge in [-0.3, -0.25) is 10.8 Å². The number of nitrogens with one attached hydrogen (secondary N) is 2. The lowest BCUT2D eigenvalue weighted by Gasteiger charge is -2.37. The Balaban J connectivity index is 1.00. The average molecular weight is 719 g/mol. The highest BCUT2D eigenvalue weighted by molar-refractivity contribution is 8.13. The molecule has 2 aliphatic heterocycles. The molecule has 2 aliphatic rings. The van der Waals surface area contributed by atoms with E-state index in [1.54, 1.807) is 30.1 Å². The van der Waals surface area contributed by atoms with Crippen LogP contribution < -0.4 is 20.2 Å². The van der Waals surface area contributed by atoms with Crippen molar-refractivity contribution in [3.63, 3.8) is 0 Å². The predicted octanol–water partition coefficient (Wildman–Crippen LogP) is 5.84. The third-order valence-corrected chi connectivity index (χ3v) is 10.5. The Labute approximate surface area is 301 Å². The maximum Gasteiger partial charge on any atom is 0.350 e. The third kappa shape index (κ3) is 7.86. The summed E-state index contributed by atoms with van der Waals surface area (Å²) in [6.07, 6.45) is 3.23. The molecule has 0 saturated carbocycles. The quantitative estimate of drug-likeness (QED) is 0.137. The predicted molar refractivity (Wildman–Crippen MR) is 200 cm³/mol. The number of aromatic nitrogens is 3. The summed E-state index contributed by atoms with van der Waals surface area (Å²) in [6, 6.07) is 23.7. The minimum Gasteiger partial charge on any atom is -0.491 e. The molecule has 0 radical (unpaired) electrons. The van der Waals surface area contributed by atoms with E-state index >= 15 is 0 Å². The molecule has 50 heavy (non-hydrogen) atoms.